The zero-order valence-electron chi connectivity index (χ0n) is 14.9. The van der Waals surface area contributed by atoms with Crippen LogP contribution in [0.4, 0.5) is 5.69 Å². The first-order valence-electron chi connectivity index (χ1n) is 9.13. The van der Waals surface area contributed by atoms with E-state index in [0.717, 1.165) is 16.8 Å². The summed E-state index contributed by atoms with van der Waals surface area (Å²) in [4.78, 5) is 4.47. The van der Waals surface area contributed by atoms with E-state index in [1.165, 1.54) is 44.9 Å². The minimum absolute atomic E-state index is 0.415. The number of phenolic OH excluding ortho intramolecular Hbond substituents is 1. The number of benzene rings is 2. The predicted octanol–water partition coefficient (Wildman–Crippen LogP) is 7.35. The summed E-state index contributed by atoms with van der Waals surface area (Å²) in [5.74, 6) is 0.901. The molecule has 2 aromatic carbocycles. The van der Waals surface area contributed by atoms with Gasteiger partial charge in [-0.15, -0.1) is 0 Å². The van der Waals surface area contributed by atoms with Crippen LogP contribution >= 0.6 is 18.6 Å². The molecule has 1 saturated carbocycles. The second kappa shape index (κ2) is 12.6. The fourth-order valence-electron chi connectivity index (χ4n) is 3.44. The van der Waals surface area contributed by atoms with E-state index in [9.17, 15) is 5.11 Å². The summed E-state index contributed by atoms with van der Waals surface area (Å²) in [7, 11) is 9.78. The van der Waals surface area contributed by atoms with E-state index in [0.29, 0.717) is 11.7 Å². The Morgan fingerprint density at radius 3 is 2.15 bits per heavy atom. The Morgan fingerprint density at radius 2 is 1.50 bits per heavy atom. The zero-order chi connectivity index (χ0) is 18.6. The summed E-state index contributed by atoms with van der Waals surface area (Å²) >= 11 is -0.556. The fourth-order valence-corrected chi connectivity index (χ4v) is 3.44. The van der Waals surface area contributed by atoms with Crippen molar-refractivity contribution in [3.8, 4) is 5.75 Å². The van der Waals surface area contributed by atoms with Crippen LogP contribution in [0.1, 0.15) is 62.0 Å². The van der Waals surface area contributed by atoms with Crippen LogP contribution in [-0.4, -0.2) is 11.3 Å². The van der Waals surface area contributed by atoms with Gasteiger partial charge in [-0.1, -0.05) is 62.4 Å². The maximum absolute atomic E-state index is 10.7. The number of aromatic hydroxyl groups is 1. The standard InChI is InChI=1S/C21H25NO.2ClH.Ti/c23-21-18(16-22-19-13-7-4-8-14-19)12-9-15-20(21)17-10-5-2-1-3-6-11-17;;;/h4,7-9,12-17,23H,1-3,5-6,10-11H2;2*1H;/q;;;+2/p-2. The average molecular weight is 426 g/mol. The number of hydrogen-bond acceptors (Lipinski definition) is 2. The monoisotopic (exact) mass is 425 g/mol. The van der Waals surface area contributed by atoms with Crippen molar-refractivity contribution in [3.63, 3.8) is 0 Å². The minimum atomic E-state index is -0.556. The zero-order valence-corrected chi connectivity index (χ0v) is 17.9. The van der Waals surface area contributed by atoms with Crippen LogP contribution in [0.5, 0.6) is 5.75 Å². The molecule has 1 N–H and O–H groups in total. The maximum atomic E-state index is 10.7. The SMILES string of the molecule is Oc1c(C=Nc2ccccc2)cccc1C1CCCCCCC1.[Cl][Ti][Cl]. The molecule has 0 atom stereocenters. The van der Waals surface area contributed by atoms with Crippen LogP contribution in [0, 0.1) is 0 Å². The molecule has 0 heterocycles. The molecule has 0 radical (unpaired) electrons. The van der Waals surface area contributed by atoms with Crippen LogP contribution in [-0.2, 0) is 17.0 Å². The molecule has 0 saturated heterocycles. The number of aliphatic imine (C=N–C) groups is 1. The molecule has 0 aromatic heterocycles. The molecule has 5 heteroatoms. The van der Waals surface area contributed by atoms with Crippen molar-refractivity contribution >= 4 is 30.5 Å². The molecular weight excluding hydrogens is 401 g/mol. The molecule has 1 aliphatic rings. The molecule has 1 aliphatic carbocycles. The van der Waals surface area contributed by atoms with Gasteiger partial charge in [0, 0.05) is 11.8 Å². The van der Waals surface area contributed by atoms with Gasteiger partial charge in [-0.05, 0) is 42.5 Å². The Kier molecular flexibility index (Phi) is 10.4. The molecule has 26 heavy (non-hydrogen) atoms. The van der Waals surface area contributed by atoms with Crippen LogP contribution in [0.25, 0.3) is 0 Å². The van der Waals surface area contributed by atoms with Gasteiger partial charge < -0.3 is 5.11 Å². The van der Waals surface area contributed by atoms with Crippen LogP contribution in [0.15, 0.2) is 53.5 Å². The van der Waals surface area contributed by atoms with Crippen molar-refractivity contribution in [2.24, 2.45) is 4.99 Å². The Labute approximate surface area is 173 Å². The summed E-state index contributed by atoms with van der Waals surface area (Å²) in [6.07, 6.45) is 10.7. The second-order valence-electron chi connectivity index (χ2n) is 6.49. The number of phenols is 1. The Hall–Kier alpha value is -0.796. The number of para-hydroxylation sites is 2. The van der Waals surface area contributed by atoms with E-state index in [4.69, 9.17) is 18.6 Å². The Morgan fingerprint density at radius 1 is 0.885 bits per heavy atom. The molecule has 0 spiro atoms. The van der Waals surface area contributed by atoms with Crippen LogP contribution in [0.3, 0.4) is 0 Å². The third kappa shape index (κ3) is 7.08. The van der Waals surface area contributed by atoms with Crippen molar-refractivity contribution in [2.75, 3.05) is 0 Å². The molecule has 138 valence electrons. The molecular formula is C21H25Cl2NOTi. The first-order valence-corrected chi connectivity index (χ1v) is 13.4. The average Bonchev–Trinajstić information content (AvgIpc) is 2.63. The van der Waals surface area contributed by atoms with Crippen molar-refractivity contribution in [2.45, 2.75) is 50.9 Å². The molecule has 0 unspecified atom stereocenters. The quantitative estimate of drug-likeness (QED) is 0.404. The van der Waals surface area contributed by atoms with Gasteiger partial charge >= 0.3 is 35.6 Å². The van der Waals surface area contributed by atoms with Gasteiger partial charge in [0.1, 0.15) is 5.75 Å². The third-order valence-electron chi connectivity index (χ3n) is 4.75. The van der Waals surface area contributed by atoms with Gasteiger partial charge in [-0.25, -0.2) is 0 Å². The van der Waals surface area contributed by atoms with Crippen molar-refractivity contribution in [3.05, 3.63) is 59.7 Å². The van der Waals surface area contributed by atoms with Gasteiger partial charge in [0.15, 0.2) is 0 Å². The molecule has 0 amide bonds. The first-order chi connectivity index (χ1) is 12.8. The van der Waals surface area contributed by atoms with Gasteiger partial charge in [-0.2, -0.15) is 0 Å². The van der Waals surface area contributed by atoms with E-state index in [1.54, 1.807) is 6.21 Å². The summed E-state index contributed by atoms with van der Waals surface area (Å²) in [6, 6.07) is 15.9. The van der Waals surface area contributed by atoms with E-state index < -0.39 is 17.0 Å². The summed E-state index contributed by atoms with van der Waals surface area (Å²) in [5, 5.41) is 10.7. The molecule has 2 nitrogen and oxygen atoms in total. The second-order valence-corrected chi connectivity index (χ2v) is 9.07. The van der Waals surface area contributed by atoms with E-state index in [2.05, 4.69) is 11.1 Å². The van der Waals surface area contributed by atoms with Crippen LogP contribution in [0.2, 0.25) is 0 Å². The van der Waals surface area contributed by atoms with Gasteiger partial charge in [0.25, 0.3) is 0 Å². The number of hydrogen-bond donors (Lipinski definition) is 1. The van der Waals surface area contributed by atoms with Gasteiger partial charge in [0.05, 0.1) is 5.69 Å². The topological polar surface area (TPSA) is 32.6 Å². The van der Waals surface area contributed by atoms with Crippen molar-refractivity contribution < 1.29 is 22.1 Å². The van der Waals surface area contributed by atoms with E-state index in [1.807, 2.05) is 42.5 Å². The summed E-state index contributed by atoms with van der Waals surface area (Å²) in [5.41, 5.74) is 2.82. The number of nitrogens with zero attached hydrogens (tertiary/aromatic N) is 1. The molecule has 0 aliphatic heterocycles. The fraction of sp³-hybridized carbons (Fsp3) is 0.381. The number of halogens is 2. The van der Waals surface area contributed by atoms with Gasteiger partial charge in [-0.3, -0.25) is 4.99 Å². The van der Waals surface area contributed by atoms with Gasteiger partial charge in [0.2, 0.25) is 0 Å². The molecule has 1 fully saturated rings. The molecule has 2 aromatic rings. The summed E-state index contributed by atoms with van der Waals surface area (Å²) in [6.45, 7) is 0. The van der Waals surface area contributed by atoms with Crippen LogP contribution < -0.4 is 0 Å². The van der Waals surface area contributed by atoms with Crippen molar-refractivity contribution in [1.82, 2.24) is 0 Å². The number of rotatable bonds is 3. The van der Waals surface area contributed by atoms with E-state index in [-0.39, 0.29) is 0 Å². The normalized spacial score (nSPS) is 15.6. The molecule has 3 rings (SSSR count). The third-order valence-corrected chi connectivity index (χ3v) is 4.75. The summed E-state index contributed by atoms with van der Waals surface area (Å²) < 4.78 is 0. The Balaban J connectivity index is 0.000000758. The first kappa shape index (κ1) is 21.5. The molecule has 0 bridgehead atoms. The Bertz CT molecular complexity index is 671. The predicted molar refractivity (Wildman–Crippen MR) is 109 cm³/mol. The van der Waals surface area contributed by atoms with E-state index >= 15 is 0 Å². The van der Waals surface area contributed by atoms with Crippen molar-refractivity contribution in [1.29, 1.82) is 0 Å².